The maximum atomic E-state index is 12.9. The monoisotopic (exact) mass is 286 g/mol. The van der Waals surface area contributed by atoms with E-state index in [9.17, 15) is 14.6 Å². The molecular weight excluding hydrogens is 271 g/mol. The Labute approximate surface area is 121 Å². The highest BCUT2D eigenvalue weighted by Crippen LogP contribution is 2.21. The smallest absolute Gasteiger partial charge is 0.135 e. The number of nitrogens with zero attached hydrogens (tertiary/aromatic N) is 2. The van der Waals surface area contributed by atoms with E-state index in [2.05, 4.69) is 4.98 Å². The molecule has 4 nitrogen and oxygen atoms in total. The van der Waals surface area contributed by atoms with E-state index >= 15 is 0 Å². The normalized spacial score (nSPS) is 12.7. The molecule has 1 heterocycles. The van der Waals surface area contributed by atoms with Gasteiger partial charge in [-0.2, -0.15) is 0 Å². The van der Waals surface area contributed by atoms with E-state index in [4.69, 9.17) is 0 Å². The van der Waals surface area contributed by atoms with Crippen molar-refractivity contribution < 1.29 is 14.6 Å². The summed E-state index contributed by atoms with van der Waals surface area (Å²) in [4.78, 5) is 4.33. The van der Waals surface area contributed by atoms with Crippen LogP contribution < -0.4 is 0 Å². The molecule has 0 saturated heterocycles. The molecule has 0 amide bonds. The number of fused-ring (bicyclic) bond motifs is 1. The lowest BCUT2D eigenvalue weighted by molar-refractivity contribution is 0.153. The molecule has 21 heavy (non-hydrogen) atoms. The summed E-state index contributed by atoms with van der Waals surface area (Å²) in [6.07, 6.45) is -0.798. The molecule has 0 aliphatic heterocycles. The van der Waals surface area contributed by atoms with Gasteiger partial charge in [0.25, 0.3) is 0 Å². The van der Waals surface area contributed by atoms with Gasteiger partial charge >= 0.3 is 0 Å². The summed E-state index contributed by atoms with van der Waals surface area (Å²) in [5.41, 5.74) is 2.24. The van der Waals surface area contributed by atoms with Gasteiger partial charge in [-0.15, -0.1) is 0 Å². The molecule has 3 aromatic rings. The molecule has 2 aromatic carbocycles. The van der Waals surface area contributed by atoms with Crippen molar-refractivity contribution in [3.63, 3.8) is 0 Å². The highest BCUT2D eigenvalue weighted by Gasteiger charge is 2.14. The van der Waals surface area contributed by atoms with Crippen molar-refractivity contribution in [2.45, 2.75) is 19.3 Å². The molecule has 0 aliphatic carbocycles. The SMILES string of the molecule is OCc1nc2ccccc2n1C[C@@H](O)c1ccc(F)cc1. The number of aliphatic hydroxyl groups is 2. The summed E-state index contributed by atoms with van der Waals surface area (Å²) in [5, 5.41) is 19.7. The third-order valence-electron chi connectivity index (χ3n) is 3.49. The Balaban J connectivity index is 1.95. The molecule has 0 fully saturated rings. The van der Waals surface area contributed by atoms with E-state index in [-0.39, 0.29) is 19.0 Å². The first-order valence-electron chi connectivity index (χ1n) is 6.67. The first-order chi connectivity index (χ1) is 10.2. The second kappa shape index (κ2) is 5.63. The molecule has 0 bridgehead atoms. The Hall–Kier alpha value is -2.24. The van der Waals surface area contributed by atoms with Crippen LogP contribution >= 0.6 is 0 Å². The second-order valence-electron chi connectivity index (χ2n) is 4.85. The minimum atomic E-state index is -0.798. The van der Waals surface area contributed by atoms with Crippen LogP contribution in [0.15, 0.2) is 48.5 Å². The fraction of sp³-hybridized carbons (Fsp3) is 0.188. The number of halogens is 1. The van der Waals surface area contributed by atoms with E-state index in [0.29, 0.717) is 11.4 Å². The van der Waals surface area contributed by atoms with Crippen LogP contribution in [0.4, 0.5) is 4.39 Å². The second-order valence-corrected chi connectivity index (χ2v) is 4.85. The van der Waals surface area contributed by atoms with Crippen molar-refractivity contribution in [1.29, 1.82) is 0 Å². The van der Waals surface area contributed by atoms with Crippen LogP contribution in [0.2, 0.25) is 0 Å². The fourth-order valence-electron chi connectivity index (χ4n) is 2.41. The average Bonchev–Trinajstić information content (AvgIpc) is 2.86. The van der Waals surface area contributed by atoms with Gasteiger partial charge in [0.15, 0.2) is 0 Å². The first-order valence-corrected chi connectivity index (χ1v) is 6.67. The van der Waals surface area contributed by atoms with Crippen LogP contribution in [0, 0.1) is 5.82 Å². The lowest BCUT2D eigenvalue weighted by atomic mass is 10.1. The Morgan fingerprint density at radius 2 is 1.81 bits per heavy atom. The third-order valence-corrected chi connectivity index (χ3v) is 3.49. The standard InChI is InChI=1S/C16H15FN2O2/c17-12-7-5-11(6-8-12)15(21)9-19-14-4-2-1-3-13(14)18-16(19)10-20/h1-8,15,20-21H,9-10H2/t15-/m1/s1. The molecule has 108 valence electrons. The van der Waals surface area contributed by atoms with Gasteiger partial charge in [-0.1, -0.05) is 24.3 Å². The fourth-order valence-corrected chi connectivity index (χ4v) is 2.41. The van der Waals surface area contributed by atoms with Crippen LogP contribution in [-0.4, -0.2) is 19.8 Å². The van der Waals surface area contributed by atoms with Crippen molar-refractivity contribution in [1.82, 2.24) is 9.55 Å². The molecule has 0 radical (unpaired) electrons. The van der Waals surface area contributed by atoms with Gasteiger partial charge in [-0.3, -0.25) is 0 Å². The van der Waals surface area contributed by atoms with Crippen molar-refractivity contribution in [3.05, 3.63) is 65.7 Å². The van der Waals surface area contributed by atoms with Gasteiger partial charge in [0.1, 0.15) is 18.2 Å². The largest absolute Gasteiger partial charge is 0.388 e. The summed E-state index contributed by atoms with van der Waals surface area (Å²) in [5.74, 6) is 0.160. The molecule has 0 saturated carbocycles. The van der Waals surface area contributed by atoms with Crippen molar-refractivity contribution in [2.24, 2.45) is 0 Å². The predicted molar refractivity (Wildman–Crippen MR) is 77.0 cm³/mol. The van der Waals surface area contributed by atoms with Crippen molar-refractivity contribution >= 4 is 11.0 Å². The molecule has 3 rings (SSSR count). The lowest BCUT2D eigenvalue weighted by Gasteiger charge is -2.14. The molecule has 0 spiro atoms. The zero-order valence-electron chi connectivity index (χ0n) is 11.3. The Bertz CT molecular complexity index is 753. The van der Waals surface area contributed by atoms with Gasteiger partial charge < -0.3 is 14.8 Å². The molecule has 1 atom stereocenters. The molecular formula is C16H15FN2O2. The van der Waals surface area contributed by atoms with Crippen LogP contribution in [0.25, 0.3) is 11.0 Å². The zero-order valence-corrected chi connectivity index (χ0v) is 11.3. The van der Waals surface area contributed by atoms with Gasteiger partial charge in [0, 0.05) is 0 Å². The third kappa shape index (κ3) is 2.66. The highest BCUT2D eigenvalue weighted by molar-refractivity contribution is 5.75. The van der Waals surface area contributed by atoms with E-state index in [1.165, 1.54) is 12.1 Å². The molecule has 0 unspecified atom stereocenters. The predicted octanol–water partition coefficient (Wildman–Crippen LogP) is 2.40. The van der Waals surface area contributed by atoms with E-state index in [0.717, 1.165) is 11.0 Å². The van der Waals surface area contributed by atoms with Gasteiger partial charge in [0.05, 0.1) is 23.7 Å². The number of hydrogen-bond acceptors (Lipinski definition) is 3. The van der Waals surface area contributed by atoms with Crippen molar-refractivity contribution in [2.75, 3.05) is 0 Å². The number of para-hydroxylation sites is 2. The Morgan fingerprint density at radius 1 is 1.10 bits per heavy atom. The summed E-state index contributed by atoms with van der Waals surface area (Å²) >= 11 is 0. The lowest BCUT2D eigenvalue weighted by Crippen LogP contribution is -2.11. The number of hydrogen-bond donors (Lipinski definition) is 2. The average molecular weight is 286 g/mol. The number of imidazole rings is 1. The van der Waals surface area contributed by atoms with Crippen molar-refractivity contribution in [3.8, 4) is 0 Å². The van der Waals surface area contributed by atoms with Crippen LogP contribution in [0.3, 0.4) is 0 Å². The van der Waals surface area contributed by atoms with Crippen LogP contribution in [-0.2, 0) is 13.2 Å². The van der Waals surface area contributed by atoms with Crippen LogP contribution in [0.5, 0.6) is 0 Å². The number of aliphatic hydroxyl groups excluding tert-OH is 2. The molecule has 2 N–H and O–H groups in total. The minimum absolute atomic E-state index is 0.204. The summed E-state index contributed by atoms with van der Waals surface area (Å²) in [6, 6.07) is 13.2. The van der Waals surface area contributed by atoms with Gasteiger partial charge in [0.2, 0.25) is 0 Å². The van der Waals surface area contributed by atoms with E-state index in [1.54, 1.807) is 16.7 Å². The molecule has 5 heteroatoms. The quantitative estimate of drug-likeness (QED) is 0.774. The molecule has 1 aromatic heterocycles. The minimum Gasteiger partial charge on any atom is -0.388 e. The summed E-state index contributed by atoms with van der Waals surface area (Å²) in [7, 11) is 0. The Morgan fingerprint density at radius 3 is 2.52 bits per heavy atom. The van der Waals surface area contributed by atoms with Crippen LogP contribution in [0.1, 0.15) is 17.5 Å². The van der Waals surface area contributed by atoms with Gasteiger partial charge in [-0.25, -0.2) is 9.37 Å². The van der Waals surface area contributed by atoms with E-state index in [1.807, 2.05) is 24.3 Å². The maximum absolute atomic E-state index is 12.9. The summed E-state index contributed by atoms with van der Waals surface area (Å²) in [6.45, 7) is 0.0485. The summed E-state index contributed by atoms with van der Waals surface area (Å²) < 4.78 is 14.7. The first kappa shape index (κ1) is 13.7. The maximum Gasteiger partial charge on any atom is 0.135 e. The number of benzene rings is 2. The molecule has 0 aliphatic rings. The zero-order chi connectivity index (χ0) is 14.8. The highest BCUT2D eigenvalue weighted by atomic mass is 19.1. The van der Waals surface area contributed by atoms with Gasteiger partial charge in [-0.05, 0) is 29.8 Å². The Kier molecular flexibility index (Phi) is 3.68. The number of aromatic nitrogens is 2. The van der Waals surface area contributed by atoms with E-state index < -0.39 is 6.10 Å². The number of rotatable bonds is 4. The topological polar surface area (TPSA) is 58.3 Å².